The van der Waals surface area contributed by atoms with Crippen LogP contribution in [0, 0.1) is 0 Å². The van der Waals surface area contributed by atoms with Gasteiger partial charge in [-0.3, -0.25) is 0 Å². The zero-order valence-electron chi connectivity index (χ0n) is 10.7. The fourth-order valence-corrected chi connectivity index (χ4v) is 1.93. The summed E-state index contributed by atoms with van der Waals surface area (Å²) in [5, 5.41) is 0.253. The Balaban J connectivity index is 3.11. The number of nitrogens with zero attached hydrogens (tertiary/aromatic N) is 1. The lowest BCUT2D eigenvalue weighted by atomic mass is 10.0. The summed E-state index contributed by atoms with van der Waals surface area (Å²) in [6.45, 7) is 10.7. The molecule has 1 aromatic heterocycles. The summed E-state index contributed by atoms with van der Waals surface area (Å²) < 4.78 is 0. The Labute approximate surface area is 109 Å². The summed E-state index contributed by atoms with van der Waals surface area (Å²) in [4.78, 5) is 8.08. The molecule has 1 aromatic rings. The number of rotatable bonds is 4. The first-order valence-corrected chi connectivity index (χ1v) is 6.83. The van der Waals surface area contributed by atoms with Crippen LogP contribution in [-0.2, 0) is 0 Å². The van der Waals surface area contributed by atoms with E-state index in [0.717, 1.165) is 11.5 Å². The van der Waals surface area contributed by atoms with E-state index in [9.17, 15) is 0 Å². The van der Waals surface area contributed by atoms with E-state index in [2.05, 4.69) is 62.9 Å². The van der Waals surface area contributed by atoms with Crippen molar-refractivity contribution in [3.63, 3.8) is 0 Å². The van der Waals surface area contributed by atoms with Gasteiger partial charge in [0.2, 0.25) is 0 Å². The van der Waals surface area contributed by atoms with Crippen LogP contribution in [0.15, 0.2) is 0 Å². The van der Waals surface area contributed by atoms with E-state index < -0.39 is 0 Å². The van der Waals surface area contributed by atoms with Crippen LogP contribution in [0.3, 0.4) is 0 Å². The van der Waals surface area contributed by atoms with Gasteiger partial charge in [-0.15, -0.1) is 0 Å². The summed E-state index contributed by atoms with van der Waals surface area (Å²) >= 11 is 8.96. The van der Waals surface area contributed by atoms with Crippen LogP contribution in [0.5, 0.6) is 0 Å². The molecule has 0 bridgehead atoms. The molecule has 0 aliphatic heterocycles. The van der Waals surface area contributed by atoms with Crippen LogP contribution in [0.25, 0.3) is 0 Å². The van der Waals surface area contributed by atoms with Gasteiger partial charge in [0.05, 0.1) is 10.9 Å². The van der Waals surface area contributed by atoms with Crippen LogP contribution in [0.1, 0.15) is 68.9 Å². The predicted octanol–water partition coefficient (Wildman–Crippen LogP) is 3.95. The minimum Gasteiger partial charge on any atom is -0.344 e. The van der Waals surface area contributed by atoms with Crippen molar-refractivity contribution in [3.05, 3.63) is 17.2 Å². The molecule has 0 saturated heterocycles. The molecule has 16 heavy (non-hydrogen) atoms. The molecule has 0 amide bonds. The molecule has 1 heterocycles. The van der Waals surface area contributed by atoms with Gasteiger partial charge in [0.1, 0.15) is 5.82 Å². The molecular formula is C12H22N2S2. The van der Waals surface area contributed by atoms with Crippen molar-refractivity contribution in [2.75, 3.05) is 0 Å². The largest absolute Gasteiger partial charge is 0.344 e. The van der Waals surface area contributed by atoms with Gasteiger partial charge in [-0.25, -0.2) is 4.98 Å². The molecular weight excluding hydrogens is 236 g/mol. The molecule has 0 fully saturated rings. The molecule has 0 aliphatic carbocycles. The van der Waals surface area contributed by atoms with Gasteiger partial charge >= 0.3 is 0 Å². The topological polar surface area (TPSA) is 28.7 Å². The van der Waals surface area contributed by atoms with E-state index in [4.69, 9.17) is 0 Å². The molecule has 0 aliphatic rings. The third-order valence-electron chi connectivity index (χ3n) is 2.64. The lowest BCUT2D eigenvalue weighted by Gasteiger charge is -2.10. The monoisotopic (exact) mass is 258 g/mol. The first-order chi connectivity index (χ1) is 7.34. The van der Waals surface area contributed by atoms with Crippen molar-refractivity contribution in [2.45, 2.75) is 57.0 Å². The highest BCUT2D eigenvalue weighted by molar-refractivity contribution is 7.84. The number of aromatic nitrogens is 2. The first-order valence-electron chi connectivity index (χ1n) is 5.80. The first kappa shape index (κ1) is 14.0. The molecule has 0 radical (unpaired) electrons. The standard InChI is InChI=1S/C12H22N2S2/c1-6(2)9-10(7(3)4)14-12(13-9)11(16)8(5)15/h6-8,11,15-16H,1-5H3,(H,13,14). The van der Waals surface area contributed by atoms with Crippen LogP contribution < -0.4 is 0 Å². The van der Waals surface area contributed by atoms with Crippen molar-refractivity contribution in [1.82, 2.24) is 9.97 Å². The maximum absolute atomic E-state index is 4.67. The van der Waals surface area contributed by atoms with Gasteiger partial charge in [0.25, 0.3) is 0 Å². The van der Waals surface area contributed by atoms with E-state index in [1.165, 1.54) is 5.69 Å². The average molecular weight is 258 g/mol. The molecule has 92 valence electrons. The number of hydrogen-bond acceptors (Lipinski definition) is 3. The highest BCUT2D eigenvalue weighted by atomic mass is 32.1. The van der Waals surface area contributed by atoms with E-state index in [-0.39, 0.29) is 10.5 Å². The second-order valence-corrected chi connectivity index (χ2v) is 6.29. The van der Waals surface area contributed by atoms with E-state index in [1.54, 1.807) is 0 Å². The Hall–Kier alpha value is -0.0900. The highest BCUT2D eigenvalue weighted by Gasteiger charge is 2.21. The summed E-state index contributed by atoms with van der Waals surface area (Å²) in [6, 6.07) is 0. The van der Waals surface area contributed by atoms with Crippen LogP contribution in [0.2, 0.25) is 0 Å². The van der Waals surface area contributed by atoms with Gasteiger partial charge in [0.15, 0.2) is 0 Å². The highest BCUT2D eigenvalue weighted by Crippen LogP contribution is 2.30. The number of nitrogens with one attached hydrogen (secondary N) is 1. The Morgan fingerprint density at radius 2 is 1.56 bits per heavy atom. The second-order valence-electron chi connectivity index (χ2n) is 4.92. The van der Waals surface area contributed by atoms with Crippen LogP contribution in [-0.4, -0.2) is 15.2 Å². The predicted molar refractivity (Wildman–Crippen MR) is 76.9 cm³/mol. The maximum atomic E-state index is 4.67. The van der Waals surface area contributed by atoms with Gasteiger partial charge in [-0.05, 0) is 11.8 Å². The molecule has 0 aromatic carbocycles. The number of hydrogen-bond donors (Lipinski definition) is 3. The second kappa shape index (κ2) is 5.50. The molecule has 2 nitrogen and oxygen atoms in total. The summed E-state index contributed by atoms with van der Waals surface area (Å²) in [7, 11) is 0. The Morgan fingerprint density at radius 1 is 1.00 bits per heavy atom. The van der Waals surface area contributed by atoms with Crippen molar-refractivity contribution in [1.29, 1.82) is 0 Å². The fourth-order valence-electron chi connectivity index (χ4n) is 1.67. The number of H-pyrrole nitrogens is 1. The van der Waals surface area contributed by atoms with Crippen molar-refractivity contribution in [3.8, 4) is 0 Å². The minimum absolute atomic E-state index is 0.0633. The van der Waals surface area contributed by atoms with Crippen LogP contribution >= 0.6 is 25.3 Å². The lowest BCUT2D eigenvalue weighted by molar-refractivity contribution is 0.759. The van der Waals surface area contributed by atoms with E-state index in [1.807, 2.05) is 6.92 Å². The smallest absolute Gasteiger partial charge is 0.120 e. The van der Waals surface area contributed by atoms with Gasteiger partial charge in [-0.2, -0.15) is 25.3 Å². The zero-order valence-corrected chi connectivity index (χ0v) is 12.4. The SMILES string of the molecule is CC(C)c1nc(C(S)C(C)S)[nH]c1C(C)C. The van der Waals surface area contributed by atoms with Gasteiger partial charge < -0.3 is 4.98 Å². The third kappa shape index (κ3) is 2.98. The maximum Gasteiger partial charge on any atom is 0.120 e. The Kier molecular flexibility index (Phi) is 4.80. The molecule has 2 unspecified atom stereocenters. The molecule has 0 saturated carbocycles. The number of imidazole rings is 1. The number of aromatic amines is 1. The summed E-state index contributed by atoms with van der Waals surface area (Å²) in [5.74, 6) is 1.85. The van der Waals surface area contributed by atoms with Crippen molar-refractivity contribution < 1.29 is 0 Å². The lowest BCUT2D eigenvalue weighted by Crippen LogP contribution is -2.04. The third-order valence-corrected chi connectivity index (χ3v) is 3.87. The average Bonchev–Trinajstić information content (AvgIpc) is 2.60. The summed E-state index contributed by atoms with van der Waals surface area (Å²) in [5.41, 5.74) is 2.40. The zero-order chi connectivity index (χ0) is 12.5. The van der Waals surface area contributed by atoms with E-state index >= 15 is 0 Å². The van der Waals surface area contributed by atoms with Crippen molar-refractivity contribution in [2.24, 2.45) is 0 Å². The van der Waals surface area contributed by atoms with Crippen LogP contribution in [0.4, 0.5) is 0 Å². The molecule has 1 rings (SSSR count). The Bertz CT molecular complexity index is 317. The molecule has 0 spiro atoms. The Morgan fingerprint density at radius 3 is 1.88 bits per heavy atom. The van der Waals surface area contributed by atoms with E-state index in [0.29, 0.717) is 11.8 Å². The van der Waals surface area contributed by atoms with Crippen molar-refractivity contribution >= 4 is 25.3 Å². The molecule has 4 heteroatoms. The summed E-state index contributed by atoms with van der Waals surface area (Å²) in [6.07, 6.45) is 0. The minimum atomic E-state index is 0.0633. The van der Waals surface area contributed by atoms with Gasteiger partial charge in [0, 0.05) is 10.9 Å². The molecule has 1 N–H and O–H groups in total. The molecule has 2 atom stereocenters. The fraction of sp³-hybridized carbons (Fsp3) is 0.750. The normalized spacial score (nSPS) is 15.8. The van der Waals surface area contributed by atoms with Gasteiger partial charge in [-0.1, -0.05) is 34.6 Å². The quantitative estimate of drug-likeness (QED) is 0.701. The number of thiol groups is 2.